The molecule has 29 heavy (non-hydrogen) atoms. The van der Waals surface area contributed by atoms with Gasteiger partial charge in [-0.25, -0.2) is 8.42 Å². The monoisotopic (exact) mass is 418 g/mol. The summed E-state index contributed by atoms with van der Waals surface area (Å²) in [5.41, 5.74) is 4.45. The lowest BCUT2D eigenvalue weighted by Crippen LogP contribution is -2.45. The molecule has 0 radical (unpaired) electrons. The second-order valence-electron chi connectivity index (χ2n) is 7.27. The number of amides is 1. The molecule has 0 fully saturated rings. The number of aryl methyl sites for hydroxylation is 3. The van der Waals surface area contributed by atoms with E-state index in [1.165, 1.54) is 24.6 Å². The Labute approximate surface area is 173 Å². The summed E-state index contributed by atoms with van der Waals surface area (Å²) in [4.78, 5) is 12.7. The number of ether oxygens (including phenoxy) is 1. The highest BCUT2D eigenvalue weighted by Gasteiger charge is 2.23. The Morgan fingerprint density at radius 1 is 1.00 bits per heavy atom. The molecule has 6 nitrogen and oxygen atoms in total. The molecule has 158 valence electrons. The predicted molar refractivity (Wildman–Crippen MR) is 115 cm³/mol. The van der Waals surface area contributed by atoms with Crippen LogP contribution in [0.3, 0.4) is 0 Å². The lowest BCUT2D eigenvalue weighted by Gasteiger charge is -2.21. The highest BCUT2D eigenvalue weighted by atomic mass is 32.2. The van der Waals surface area contributed by atoms with Gasteiger partial charge in [0, 0.05) is 0 Å². The van der Waals surface area contributed by atoms with Crippen molar-refractivity contribution in [2.24, 2.45) is 0 Å². The van der Waals surface area contributed by atoms with Crippen molar-refractivity contribution in [1.29, 1.82) is 0 Å². The van der Waals surface area contributed by atoms with Gasteiger partial charge in [-0.2, -0.15) is 4.72 Å². The van der Waals surface area contributed by atoms with Crippen LogP contribution in [-0.4, -0.2) is 27.0 Å². The Morgan fingerprint density at radius 3 is 2.17 bits per heavy atom. The average molecular weight is 419 g/mol. The topological polar surface area (TPSA) is 84.5 Å². The molecule has 0 aromatic heterocycles. The standard InChI is InChI=1S/C22H30N2O4S/c1-7-28-19-8-10-20(11-9-19)29(26,27)24-18(6)22(25)23-17(5)21-13-15(3)14(2)12-16(21)4/h8-13,17-18,24H,7H2,1-6H3,(H,23,25). The van der Waals surface area contributed by atoms with Gasteiger partial charge in [0.1, 0.15) is 5.75 Å². The Hall–Kier alpha value is -2.38. The molecule has 0 saturated carbocycles. The van der Waals surface area contributed by atoms with Crippen molar-refractivity contribution in [1.82, 2.24) is 10.0 Å². The van der Waals surface area contributed by atoms with E-state index < -0.39 is 16.1 Å². The van der Waals surface area contributed by atoms with E-state index in [0.29, 0.717) is 12.4 Å². The predicted octanol–water partition coefficient (Wildman–Crippen LogP) is 3.55. The fourth-order valence-corrected chi connectivity index (χ4v) is 4.30. The first kappa shape index (κ1) is 22.9. The molecule has 0 spiro atoms. The van der Waals surface area contributed by atoms with E-state index in [-0.39, 0.29) is 16.8 Å². The lowest BCUT2D eigenvalue weighted by atomic mass is 9.96. The summed E-state index contributed by atoms with van der Waals surface area (Å²) in [6, 6.07) is 9.09. The summed E-state index contributed by atoms with van der Waals surface area (Å²) in [7, 11) is -3.82. The summed E-state index contributed by atoms with van der Waals surface area (Å²) >= 11 is 0. The lowest BCUT2D eigenvalue weighted by molar-refractivity contribution is -0.123. The molecule has 2 unspecified atom stereocenters. The van der Waals surface area contributed by atoms with Gasteiger partial charge in [0.15, 0.2) is 0 Å². The van der Waals surface area contributed by atoms with Crippen LogP contribution in [0.15, 0.2) is 41.3 Å². The number of benzene rings is 2. The minimum atomic E-state index is -3.82. The van der Waals surface area contributed by atoms with Gasteiger partial charge in [-0.1, -0.05) is 12.1 Å². The molecule has 2 aromatic rings. The van der Waals surface area contributed by atoms with Gasteiger partial charge >= 0.3 is 0 Å². The largest absolute Gasteiger partial charge is 0.494 e. The van der Waals surface area contributed by atoms with Crippen LogP contribution in [-0.2, 0) is 14.8 Å². The van der Waals surface area contributed by atoms with Gasteiger partial charge in [-0.05, 0) is 88.1 Å². The van der Waals surface area contributed by atoms with E-state index in [1.54, 1.807) is 12.1 Å². The Morgan fingerprint density at radius 2 is 1.59 bits per heavy atom. The van der Waals surface area contributed by atoms with Crippen LogP contribution < -0.4 is 14.8 Å². The van der Waals surface area contributed by atoms with Crippen molar-refractivity contribution in [2.45, 2.75) is 58.5 Å². The number of nitrogens with one attached hydrogen (secondary N) is 2. The number of rotatable bonds is 8. The number of sulfonamides is 1. The zero-order chi connectivity index (χ0) is 21.8. The highest BCUT2D eigenvalue weighted by molar-refractivity contribution is 7.89. The molecule has 2 rings (SSSR count). The summed E-state index contributed by atoms with van der Waals surface area (Å²) in [6.07, 6.45) is 0. The van der Waals surface area contributed by atoms with E-state index in [4.69, 9.17) is 4.74 Å². The minimum Gasteiger partial charge on any atom is -0.494 e. The third-order valence-corrected chi connectivity index (χ3v) is 6.43. The maximum atomic E-state index is 12.6. The first-order valence-corrected chi connectivity index (χ1v) is 11.2. The fraction of sp³-hybridized carbons (Fsp3) is 0.409. The van der Waals surface area contributed by atoms with E-state index in [0.717, 1.165) is 16.7 Å². The van der Waals surface area contributed by atoms with Crippen LogP contribution in [0.4, 0.5) is 0 Å². The summed E-state index contributed by atoms with van der Waals surface area (Å²) in [5, 5.41) is 2.90. The van der Waals surface area contributed by atoms with Gasteiger partial charge in [0.2, 0.25) is 15.9 Å². The van der Waals surface area contributed by atoms with Crippen molar-refractivity contribution >= 4 is 15.9 Å². The van der Waals surface area contributed by atoms with Gasteiger partial charge in [0.05, 0.1) is 23.6 Å². The van der Waals surface area contributed by atoms with E-state index in [1.807, 2.05) is 34.6 Å². The number of carbonyl (C=O) groups is 1. The van der Waals surface area contributed by atoms with Crippen molar-refractivity contribution < 1.29 is 17.9 Å². The van der Waals surface area contributed by atoms with Crippen LogP contribution in [0.5, 0.6) is 5.75 Å². The molecule has 2 aromatic carbocycles. The summed E-state index contributed by atoms with van der Waals surface area (Å²) in [6.45, 7) is 11.9. The molecule has 0 aliphatic rings. The number of hydrogen-bond donors (Lipinski definition) is 2. The fourth-order valence-electron chi connectivity index (χ4n) is 3.10. The van der Waals surface area contributed by atoms with Gasteiger partial charge in [0.25, 0.3) is 0 Å². The maximum Gasteiger partial charge on any atom is 0.241 e. The zero-order valence-corrected chi connectivity index (χ0v) is 18.7. The van der Waals surface area contributed by atoms with E-state index >= 15 is 0 Å². The van der Waals surface area contributed by atoms with Crippen LogP contribution in [0.1, 0.15) is 49.1 Å². The molecule has 7 heteroatoms. The molecular formula is C22H30N2O4S. The maximum absolute atomic E-state index is 12.6. The van der Waals surface area contributed by atoms with E-state index in [9.17, 15) is 13.2 Å². The summed E-state index contributed by atoms with van der Waals surface area (Å²) < 4.78 is 32.9. The van der Waals surface area contributed by atoms with Crippen molar-refractivity contribution in [3.63, 3.8) is 0 Å². The smallest absolute Gasteiger partial charge is 0.241 e. The Kier molecular flexibility index (Phi) is 7.43. The van der Waals surface area contributed by atoms with Crippen molar-refractivity contribution in [3.8, 4) is 5.75 Å². The molecule has 0 saturated heterocycles. The Balaban J connectivity index is 2.06. The molecular weight excluding hydrogens is 388 g/mol. The molecule has 1 amide bonds. The third kappa shape index (κ3) is 5.81. The molecule has 0 aliphatic carbocycles. The summed E-state index contributed by atoms with van der Waals surface area (Å²) in [5.74, 6) is 0.208. The third-order valence-electron chi connectivity index (χ3n) is 4.88. The van der Waals surface area contributed by atoms with E-state index in [2.05, 4.69) is 22.2 Å². The molecule has 0 heterocycles. The number of carbonyl (C=O) groups excluding carboxylic acids is 1. The van der Waals surface area contributed by atoms with Crippen LogP contribution >= 0.6 is 0 Å². The Bertz CT molecular complexity index is 969. The van der Waals surface area contributed by atoms with Gasteiger partial charge in [-0.15, -0.1) is 0 Å². The van der Waals surface area contributed by atoms with Crippen LogP contribution in [0.2, 0.25) is 0 Å². The quantitative estimate of drug-likeness (QED) is 0.687. The molecule has 0 bridgehead atoms. The van der Waals surface area contributed by atoms with Crippen LogP contribution in [0, 0.1) is 20.8 Å². The SMILES string of the molecule is CCOc1ccc(S(=O)(=O)NC(C)C(=O)NC(C)c2cc(C)c(C)cc2C)cc1. The average Bonchev–Trinajstić information content (AvgIpc) is 2.65. The van der Waals surface area contributed by atoms with Gasteiger partial charge in [-0.3, -0.25) is 4.79 Å². The number of hydrogen-bond acceptors (Lipinski definition) is 4. The van der Waals surface area contributed by atoms with Crippen LogP contribution in [0.25, 0.3) is 0 Å². The zero-order valence-electron chi connectivity index (χ0n) is 17.9. The first-order chi connectivity index (χ1) is 13.5. The van der Waals surface area contributed by atoms with Crippen molar-refractivity contribution in [3.05, 3.63) is 58.7 Å². The van der Waals surface area contributed by atoms with Gasteiger partial charge < -0.3 is 10.1 Å². The molecule has 2 atom stereocenters. The normalized spacial score (nSPS) is 13.6. The second-order valence-corrected chi connectivity index (χ2v) is 8.98. The molecule has 0 aliphatic heterocycles. The second kappa shape index (κ2) is 9.41. The highest BCUT2D eigenvalue weighted by Crippen LogP contribution is 2.22. The minimum absolute atomic E-state index is 0.0821. The first-order valence-electron chi connectivity index (χ1n) is 9.68. The molecule has 2 N–H and O–H groups in total. The van der Waals surface area contributed by atoms with Crippen molar-refractivity contribution in [2.75, 3.05) is 6.61 Å².